The standard InChI is InChI=1S/C28H26N4O2/c1-19-8-10-20(11-9-19)21-12-14-23(15-13-21)30-28(34)32-26(24-6-2-3-7-27(24)33)17-25(31-32)22-5-4-16-29-18-22/h2-5,7-16,18,24,26,33H,6,17H2,1H3,(H,30,34). The second-order valence-electron chi connectivity index (χ2n) is 8.64. The molecule has 2 aliphatic rings. The van der Waals surface area contributed by atoms with Gasteiger partial charge in [-0.05, 0) is 48.7 Å². The summed E-state index contributed by atoms with van der Waals surface area (Å²) in [7, 11) is 0. The largest absolute Gasteiger partial charge is 0.512 e. The van der Waals surface area contributed by atoms with Crippen molar-refractivity contribution in [2.75, 3.05) is 5.32 Å². The fraction of sp³-hybridized carbons (Fsp3) is 0.179. The van der Waals surface area contributed by atoms with Crippen molar-refractivity contribution in [2.24, 2.45) is 11.0 Å². The summed E-state index contributed by atoms with van der Waals surface area (Å²) in [5, 5.41) is 19.6. The molecule has 2 amide bonds. The highest BCUT2D eigenvalue weighted by Crippen LogP contribution is 2.33. The third kappa shape index (κ3) is 4.48. The van der Waals surface area contributed by atoms with E-state index in [-0.39, 0.29) is 23.8 Å². The van der Waals surface area contributed by atoms with Gasteiger partial charge in [0.25, 0.3) is 0 Å². The molecule has 1 aliphatic carbocycles. The van der Waals surface area contributed by atoms with E-state index in [1.165, 1.54) is 10.6 Å². The average molecular weight is 451 g/mol. The number of aliphatic hydroxyl groups is 1. The monoisotopic (exact) mass is 450 g/mol. The number of amides is 2. The minimum atomic E-state index is -0.325. The first-order valence-electron chi connectivity index (χ1n) is 11.4. The van der Waals surface area contributed by atoms with Crippen LogP contribution in [0.15, 0.2) is 102 Å². The van der Waals surface area contributed by atoms with Gasteiger partial charge in [-0.2, -0.15) is 5.10 Å². The number of nitrogens with zero attached hydrogens (tertiary/aromatic N) is 3. The van der Waals surface area contributed by atoms with Crippen molar-refractivity contribution in [2.45, 2.75) is 25.8 Å². The summed E-state index contributed by atoms with van der Waals surface area (Å²) < 4.78 is 0. The van der Waals surface area contributed by atoms with Gasteiger partial charge in [0.15, 0.2) is 0 Å². The third-order valence-corrected chi connectivity index (χ3v) is 6.31. The molecule has 0 radical (unpaired) electrons. The highest BCUT2D eigenvalue weighted by atomic mass is 16.3. The number of anilines is 1. The lowest BCUT2D eigenvalue weighted by molar-refractivity contribution is 0.166. The number of carbonyl (C=O) groups is 1. The number of benzene rings is 2. The molecule has 0 bridgehead atoms. The third-order valence-electron chi connectivity index (χ3n) is 6.31. The molecule has 2 atom stereocenters. The van der Waals surface area contributed by atoms with Crippen molar-refractivity contribution < 1.29 is 9.90 Å². The van der Waals surface area contributed by atoms with Gasteiger partial charge in [-0.3, -0.25) is 4.98 Å². The van der Waals surface area contributed by atoms with Crippen LogP contribution in [0.3, 0.4) is 0 Å². The zero-order valence-corrected chi connectivity index (χ0v) is 18.9. The Bertz CT molecular complexity index is 1260. The Hall–Kier alpha value is -4.19. The number of aryl methyl sites for hydroxylation is 1. The molecule has 1 aliphatic heterocycles. The quantitative estimate of drug-likeness (QED) is 0.505. The van der Waals surface area contributed by atoms with E-state index in [0.29, 0.717) is 18.5 Å². The van der Waals surface area contributed by atoms with Crippen molar-refractivity contribution >= 4 is 17.4 Å². The second-order valence-corrected chi connectivity index (χ2v) is 8.64. The Morgan fingerprint density at radius 2 is 1.76 bits per heavy atom. The predicted molar refractivity (Wildman–Crippen MR) is 135 cm³/mol. The van der Waals surface area contributed by atoms with E-state index in [1.807, 2.05) is 48.6 Å². The van der Waals surface area contributed by atoms with Crippen LogP contribution in [0.2, 0.25) is 0 Å². The zero-order chi connectivity index (χ0) is 23.5. The summed E-state index contributed by atoms with van der Waals surface area (Å²) >= 11 is 0. The molecule has 0 fully saturated rings. The number of carbonyl (C=O) groups excluding carboxylic acids is 1. The Morgan fingerprint density at radius 3 is 2.44 bits per heavy atom. The van der Waals surface area contributed by atoms with E-state index in [9.17, 15) is 9.90 Å². The molecule has 6 heteroatoms. The molecule has 5 rings (SSSR count). The SMILES string of the molecule is Cc1ccc(-c2ccc(NC(=O)N3N=C(c4cccnc4)CC3C3CC=CC=C3O)cc2)cc1. The maximum atomic E-state index is 13.3. The number of allylic oxidation sites excluding steroid dienone is 3. The average Bonchev–Trinajstić information content (AvgIpc) is 3.31. The van der Waals surface area contributed by atoms with E-state index in [4.69, 9.17) is 0 Å². The van der Waals surface area contributed by atoms with Gasteiger partial charge >= 0.3 is 6.03 Å². The van der Waals surface area contributed by atoms with Crippen LogP contribution < -0.4 is 5.32 Å². The number of aliphatic hydroxyl groups excluding tert-OH is 1. The molecule has 170 valence electrons. The summed E-state index contributed by atoms with van der Waals surface area (Å²) in [4.78, 5) is 17.5. The fourth-order valence-corrected chi connectivity index (χ4v) is 4.41. The summed E-state index contributed by atoms with van der Waals surface area (Å²) in [6.07, 6.45) is 10.2. The molecule has 0 saturated heterocycles. The van der Waals surface area contributed by atoms with Gasteiger partial charge in [-0.1, -0.05) is 60.2 Å². The van der Waals surface area contributed by atoms with E-state index in [2.05, 4.69) is 46.6 Å². The number of hydrazone groups is 1. The summed E-state index contributed by atoms with van der Waals surface area (Å²) in [6.45, 7) is 2.06. The smallest absolute Gasteiger partial charge is 0.342 e. The molecule has 2 N–H and O–H groups in total. The van der Waals surface area contributed by atoms with Crippen molar-refractivity contribution in [1.29, 1.82) is 0 Å². The summed E-state index contributed by atoms with van der Waals surface area (Å²) in [6, 6.07) is 19.3. The van der Waals surface area contributed by atoms with Crippen molar-refractivity contribution in [3.63, 3.8) is 0 Å². The Labute approximate surface area is 199 Å². The predicted octanol–water partition coefficient (Wildman–Crippen LogP) is 6.09. The molecule has 3 aromatic rings. The van der Waals surface area contributed by atoms with Crippen LogP contribution in [0.1, 0.15) is 24.0 Å². The second kappa shape index (κ2) is 9.35. The van der Waals surface area contributed by atoms with Gasteiger partial charge in [0, 0.05) is 36.0 Å². The number of urea groups is 1. The van der Waals surface area contributed by atoms with Gasteiger partial charge in [0.1, 0.15) is 0 Å². The lowest BCUT2D eigenvalue weighted by Gasteiger charge is -2.29. The maximum Gasteiger partial charge on any atom is 0.342 e. The van der Waals surface area contributed by atoms with Crippen LogP contribution in [0.4, 0.5) is 10.5 Å². The first-order valence-corrected chi connectivity index (χ1v) is 11.4. The Balaban J connectivity index is 1.37. The van der Waals surface area contributed by atoms with Crippen LogP contribution in [-0.4, -0.2) is 32.9 Å². The minimum absolute atomic E-state index is 0.211. The van der Waals surface area contributed by atoms with Crippen molar-refractivity contribution in [1.82, 2.24) is 9.99 Å². The molecule has 34 heavy (non-hydrogen) atoms. The molecule has 2 unspecified atom stereocenters. The maximum absolute atomic E-state index is 13.3. The molecular formula is C28H26N4O2. The minimum Gasteiger partial charge on any atom is -0.512 e. The fourth-order valence-electron chi connectivity index (χ4n) is 4.41. The molecule has 1 aromatic heterocycles. The van der Waals surface area contributed by atoms with Crippen LogP contribution in [-0.2, 0) is 0 Å². The number of pyridine rings is 1. The van der Waals surface area contributed by atoms with E-state index >= 15 is 0 Å². The van der Waals surface area contributed by atoms with E-state index in [0.717, 1.165) is 22.4 Å². The van der Waals surface area contributed by atoms with Crippen LogP contribution in [0, 0.1) is 12.8 Å². The van der Waals surface area contributed by atoms with Crippen LogP contribution in [0.25, 0.3) is 11.1 Å². The topological polar surface area (TPSA) is 77.8 Å². The summed E-state index contributed by atoms with van der Waals surface area (Å²) in [5.41, 5.74) is 5.77. The van der Waals surface area contributed by atoms with Gasteiger partial charge in [0.05, 0.1) is 17.5 Å². The number of aromatic nitrogens is 1. The molecule has 2 heterocycles. The normalized spacial score (nSPS) is 19.5. The molecule has 0 spiro atoms. The Morgan fingerprint density at radius 1 is 1.03 bits per heavy atom. The van der Waals surface area contributed by atoms with Gasteiger partial charge in [-0.15, -0.1) is 0 Å². The highest BCUT2D eigenvalue weighted by molar-refractivity contribution is 6.03. The van der Waals surface area contributed by atoms with Crippen LogP contribution >= 0.6 is 0 Å². The molecular weight excluding hydrogens is 424 g/mol. The first-order chi connectivity index (χ1) is 16.6. The number of hydrogen-bond acceptors (Lipinski definition) is 4. The number of hydrogen-bond donors (Lipinski definition) is 2. The van der Waals surface area contributed by atoms with Gasteiger partial charge in [-0.25, -0.2) is 9.80 Å². The summed E-state index contributed by atoms with van der Waals surface area (Å²) in [5.74, 6) is 0.0629. The van der Waals surface area contributed by atoms with E-state index in [1.54, 1.807) is 18.5 Å². The van der Waals surface area contributed by atoms with Crippen LogP contribution in [0.5, 0.6) is 0 Å². The van der Waals surface area contributed by atoms with E-state index < -0.39 is 0 Å². The Kier molecular flexibility index (Phi) is 5.95. The van der Waals surface area contributed by atoms with Gasteiger partial charge in [0.2, 0.25) is 0 Å². The lowest BCUT2D eigenvalue weighted by Crippen LogP contribution is -2.41. The van der Waals surface area contributed by atoms with Gasteiger partial charge < -0.3 is 10.4 Å². The highest BCUT2D eigenvalue weighted by Gasteiger charge is 2.39. The molecule has 0 saturated carbocycles. The molecule has 2 aromatic carbocycles. The lowest BCUT2D eigenvalue weighted by atomic mass is 9.87. The number of nitrogens with one attached hydrogen (secondary N) is 1. The number of rotatable bonds is 4. The van der Waals surface area contributed by atoms with Crippen molar-refractivity contribution in [3.8, 4) is 11.1 Å². The zero-order valence-electron chi connectivity index (χ0n) is 18.9. The molecule has 6 nitrogen and oxygen atoms in total. The van der Waals surface area contributed by atoms with Crippen molar-refractivity contribution in [3.05, 3.63) is 108 Å². The first kappa shape index (κ1) is 21.6.